The Morgan fingerprint density at radius 2 is 2.29 bits per heavy atom. The Bertz CT molecular complexity index is 427. The molecule has 4 nitrogen and oxygen atoms in total. The van der Waals surface area contributed by atoms with Crippen molar-refractivity contribution in [2.45, 2.75) is 32.0 Å². The van der Waals surface area contributed by atoms with Gasteiger partial charge in [-0.2, -0.15) is 18.3 Å². The van der Waals surface area contributed by atoms with Gasteiger partial charge in [-0.3, -0.25) is 9.89 Å². The first kappa shape index (κ1) is 11.9. The Hall–Kier alpha value is -1.53. The summed E-state index contributed by atoms with van der Waals surface area (Å²) in [5.41, 5.74) is -0.590. The van der Waals surface area contributed by atoms with E-state index in [1.165, 1.54) is 6.92 Å². The Balaban J connectivity index is 2.23. The van der Waals surface area contributed by atoms with E-state index in [1.807, 2.05) is 0 Å². The van der Waals surface area contributed by atoms with E-state index in [2.05, 4.69) is 10.2 Å². The van der Waals surface area contributed by atoms with Gasteiger partial charge in [-0.05, 0) is 18.9 Å². The molecule has 0 unspecified atom stereocenters. The van der Waals surface area contributed by atoms with E-state index in [1.54, 1.807) is 4.90 Å². The molecular formula is C10H12F3N3O. The topological polar surface area (TPSA) is 49.0 Å². The van der Waals surface area contributed by atoms with Crippen LogP contribution in [0.2, 0.25) is 0 Å². The van der Waals surface area contributed by atoms with Crippen molar-refractivity contribution in [3.63, 3.8) is 0 Å². The molecule has 1 aromatic rings. The fourth-order valence-electron chi connectivity index (χ4n) is 2.12. The predicted octanol–water partition coefficient (Wildman–Crippen LogP) is 2.11. The van der Waals surface area contributed by atoms with Gasteiger partial charge in [0, 0.05) is 13.5 Å². The van der Waals surface area contributed by atoms with Gasteiger partial charge in [-0.15, -0.1) is 0 Å². The average molecular weight is 247 g/mol. The highest BCUT2D eigenvalue weighted by Gasteiger charge is 2.36. The second kappa shape index (κ2) is 4.05. The van der Waals surface area contributed by atoms with Crippen molar-refractivity contribution in [1.29, 1.82) is 0 Å². The minimum absolute atomic E-state index is 0.129. The molecule has 1 aromatic heterocycles. The van der Waals surface area contributed by atoms with Crippen molar-refractivity contribution in [3.05, 3.63) is 17.5 Å². The Labute approximate surface area is 95.8 Å². The van der Waals surface area contributed by atoms with Gasteiger partial charge in [0.1, 0.15) is 0 Å². The highest BCUT2D eigenvalue weighted by atomic mass is 19.4. The number of hydrogen-bond donors (Lipinski definition) is 1. The smallest absolute Gasteiger partial charge is 0.334 e. The number of aromatic amines is 1. The van der Waals surface area contributed by atoms with Crippen LogP contribution in [0.3, 0.4) is 0 Å². The number of H-pyrrole nitrogens is 1. The summed E-state index contributed by atoms with van der Waals surface area (Å²) in [6.45, 7) is 2.00. The SMILES string of the molecule is CC(=O)N1CCC[C@@H]1c1cc(C(F)(F)F)n[nH]1. The van der Waals surface area contributed by atoms with Gasteiger partial charge in [0.05, 0.1) is 11.7 Å². The summed E-state index contributed by atoms with van der Waals surface area (Å²) in [7, 11) is 0. The Morgan fingerprint density at radius 1 is 1.59 bits per heavy atom. The summed E-state index contributed by atoms with van der Waals surface area (Å²) in [6, 6.07) is 0.669. The Kier molecular flexibility index (Phi) is 2.84. The van der Waals surface area contributed by atoms with E-state index in [9.17, 15) is 18.0 Å². The van der Waals surface area contributed by atoms with Crippen molar-refractivity contribution in [2.75, 3.05) is 6.54 Å². The first-order chi connectivity index (χ1) is 7.89. The molecular weight excluding hydrogens is 235 g/mol. The van der Waals surface area contributed by atoms with E-state index >= 15 is 0 Å². The zero-order chi connectivity index (χ0) is 12.6. The van der Waals surface area contributed by atoms with Gasteiger partial charge in [-0.25, -0.2) is 0 Å². The van der Waals surface area contributed by atoms with Crippen LogP contribution >= 0.6 is 0 Å². The van der Waals surface area contributed by atoms with Gasteiger partial charge < -0.3 is 4.90 Å². The van der Waals surface area contributed by atoms with Crippen molar-refractivity contribution in [1.82, 2.24) is 15.1 Å². The first-order valence-electron chi connectivity index (χ1n) is 5.29. The zero-order valence-corrected chi connectivity index (χ0v) is 9.21. The first-order valence-corrected chi connectivity index (χ1v) is 5.29. The molecule has 0 aliphatic carbocycles. The molecule has 1 saturated heterocycles. The molecule has 2 rings (SSSR count). The highest BCUT2D eigenvalue weighted by Crippen LogP contribution is 2.34. The lowest BCUT2D eigenvalue weighted by molar-refractivity contribution is -0.141. The molecule has 2 heterocycles. The van der Waals surface area contributed by atoms with E-state index in [-0.39, 0.29) is 11.9 Å². The number of carbonyl (C=O) groups is 1. The predicted molar refractivity (Wildman–Crippen MR) is 53.0 cm³/mol. The third-order valence-corrected chi connectivity index (χ3v) is 2.90. The molecule has 1 fully saturated rings. The molecule has 1 aliphatic heterocycles. The monoisotopic (exact) mass is 247 g/mol. The van der Waals surface area contributed by atoms with Crippen LogP contribution in [-0.2, 0) is 11.0 Å². The van der Waals surface area contributed by atoms with E-state index < -0.39 is 11.9 Å². The second-order valence-corrected chi connectivity index (χ2v) is 4.08. The molecule has 0 spiro atoms. The lowest BCUT2D eigenvalue weighted by Crippen LogP contribution is -2.28. The number of nitrogens with zero attached hydrogens (tertiary/aromatic N) is 2. The van der Waals surface area contributed by atoms with Crippen LogP contribution in [0.25, 0.3) is 0 Å². The van der Waals surface area contributed by atoms with Crippen molar-refractivity contribution in [2.24, 2.45) is 0 Å². The number of alkyl halides is 3. The lowest BCUT2D eigenvalue weighted by Gasteiger charge is -2.21. The van der Waals surface area contributed by atoms with Crippen LogP contribution in [0.15, 0.2) is 6.07 Å². The standard InChI is InChI=1S/C10H12F3N3O/c1-6(17)16-4-2-3-8(16)7-5-9(15-14-7)10(11,12)13/h5,8H,2-4H2,1H3,(H,14,15)/t8-/m1/s1. The van der Waals surface area contributed by atoms with Crippen molar-refractivity contribution in [3.8, 4) is 0 Å². The molecule has 1 aliphatic rings. The number of rotatable bonds is 1. The largest absolute Gasteiger partial charge is 0.435 e. The number of amides is 1. The molecule has 1 atom stereocenters. The summed E-state index contributed by atoms with van der Waals surface area (Å²) in [5, 5.41) is 5.61. The maximum Gasteiger partial charge on any atom is 0.435 e. The van der Waals surface area contributed by atoms with Crippen LogP contribution in [0.4, 0.5) is 13.2 Å². The molecule has 0 radical (unpaired) electrons. The molecule has 0 saturated carbocycles. The van der Waals surface area contributed by atoms with Gasteiger partial charge in [0.25, 0.3) is 0 Å². The summed E-state index contributed by atoms with van der Waals surface area (Å²) in [4.78, 5) is 12.9. The maximum absolute atomic E-state index is 12.4. The van der Waals surface area contributed by atoms with Crippen LogP contribution in [-0.4, -0.2) is 27.5 Å². The normalized spacial score (nSPS) is 20.9. The third-order valence-electron chi connectivity index (χ3n) is 2.90. The fraction of sp³-hybridized carbons (Fsp3) is 0.600. The summed E-state index contributed by atoms with van der Waals surface area (Å²) in [5.74, 6) is -0.129. The quantitative estimate of drug-likeness (QED) is 0.826. The molecule has 94 valence electrons. The minimum atomic E-state index is -4.45. The van der Waals surface area contributed by atoms with Crippen LogP contribution in [0.1, 0.15) is 37.2 Å². The van der Waals surface area contributed by atoms with Crippen LogP contribution < -0.4 is 0 Å². The Morgan fingerprint density at radius 3 is 2.82 bits per heavy atom. The summed E-state index contributed by atoms with van der Waals surface area (Å²) in [6.07, 6.45) is -2.99. The van der Waals surface area contributed by atoms with Crippen molar-refractivity contribution >= 4 is 5.91 Å². The van der Waals surface area contributed by atoms with Crippen molar-refractivity contribution < 1.29 is 18.0 Å². The third kappa shape index (κ3) is 2.27. The minimum Gasteiger partial charge on any atom is -0.334 e. The van der Waals surface area contributed by atoms with Gasteiger partial charge in [0.15, 0.2) is 5.69 Å². The maximum atomic E-state index is 12.4. The zero-order valence-electron chi connectivity index (χ0n) is 9.21. The van der Waals surface area contributed by atoms with Crippen LogP contribution in [0, 0.1) is 0 Å². The molecule has 0 aromatic carbocycles. The fourth-order valence-corrected chi connectivity index (χ4v) is 2.12. The number of halogens is 3. The lowest BCUT2D eigenvalue weighted by atomic mass is 10.1. The second-order valence-electron chi connectivity index (χ2n) is 4.08. The number of hydrogen-bond acceptors (Lipinski definition) is 2. The number of carbonyl (C=O) groups excluding carboxylic acids is 1. The molecule has 0 bridgehead atoms. The molecule has 7 heteroatoms. The van der Waals surface area contributed by atoms with E-state index in [0.29, 0.717) is 18.7 Å². The number of likely N-dealkylation sites (tertiary alicyclic amines) is 1. The van der Waals surface area contributed by atoms with Gasteiger partial charge >= 0.3 is 6.18 Å². The van der Waals surface area contributed by atoms with Gasteiger partial charge in [0.2, 0.25) is 5.91 Å². The number of aromatic nitrogens is 2. The van der Waals surface area contributed by atoms with Crippen LogP contribution in [0.5, 0.6) is 0 Å². The molecule has 1 amide bonds. The molecule has 1 N–H and O–H groups in total. The van der Waals surface area contributed by atoms with Gasteiger partial charge in [-0.1, -0.05) is 0 Å². The summed E-state index contributed by atoms with van der Waals surface area (Å²) < 4.78 is 37.1. The van der Waals surface area contributed by atoms with E-state index in [4.69, 9.17) is 0 Å². The highest BCUT2D eigenvalue weighted by molar-refractivity contribution is 5.74. The summed E-state index contributed by atoms with van der Waals surface area (Å²) >= 11 is 0. The number of nitrogens with one attached hydrogen (secondary N) is 1. The molecule has 17 heavy (non-hydrogen) atoms. The average Bonchev–Trinajstić information content (AvgIpc) is 2.85. The van der Waals surface area contributed by atoms with E-state index in [0.717, 1.165) is 12.5 Å².